The number of rotatable bonds is 13. The summed E-state index contributed by atoms with van der Waals surface area (Å²) in [4.78, 5) is 25.2. The highest BCUT2D eigenvalue weighted by molar-refractivity contribution is 6.77. The molecule has 0 aliphatic carbocycles. The SMILES string of the molecule is CC[C@@H](C)[C@H](NC(=O)OCc1ccccc1)[C@H](CC(=O)OC)O[Si](C(C)C)(C(C)C)C(C)C. The van der Waals surface area contributed by atoms with Crippen molar-refractivity contribution in [2.24, 2.45) is 5.92 Å². The molecule has 0 radical (unpaired) electrons. The first-order valence-electron chi connectivity index (χ1n) is 12.2. The topological polar surface area (TPSA) is 73.9 Å². The van der Waals surface area contributed by atoms with Crippen LogP contribution in [0.1, 0.15) is 73.8 Å². The Labute approximate surface area is 201 Å². The van der Waals surface area contributed by atoms with Crippen LogP contribution in [0.5, 0.6) is 0 Å². The summed E-state index contributed by atoms with van der Waals surface area (Å²) >= 11 is 0. The summed E-state index contributed by atoms with van der Waals surface area (Å²) in [6.07, 6.45) is -0.0839. The smallest absolute Gasteiger partial charge is 0.407 e. The van der Waals surface area contributed by atoms with Gasteiger partial charge in [-0.15, -0.1) is 0 Å². The van der Waals surface area contributed by atoms with Crippen molar-refractivity contribution < 1.29 is 23.5 Å². The summed E-state index contributed by atoms with van der Waals surface area (Å²) < 4.78 is 17.5. The van der Waals surface area contributed by atoms with Gasteiger partial charge < -0.3 is 19.2 Å². The molecule has 0 unspecified atom stereocenters. The molecule has 0 saturated heterocycles. The highest BCUT2D eigenvalue weighted by Gasteiger charge is 2.48. The predicted octanol–water partition coefficient (Wildman–Crippen LogP) is 6.45. The zero-order valence-electron chi connectivity index (χ0n) is 22.0. The maximum Gasteiger partial charge on any atom is 0.407 e. The van der Waals surface area contributed by atoms with Crippen molar-refractivity contribution in [3.63, 3.8) is 0 Å². The van der Waals surface area contributed by atoms with Crippen LogP contribution in [0.2, 0.25) is 16.6 Å². The average molecular weight is 480 g/mol. The average Bonchev–Trinajstić information content (AvgIpc) is 2.78. The van der Waals surface area contributed by atoms with E-state index in [0.29, 0.717) is 16.6 Å². The van der Waals surface area contributed by atoms with Crippen molar-refractivity contribution in [2.75, 3.05) is 7.11 Å². The van der Waals surface area contributed by atoms with Gasteiger partial charge in [0, 0.05) is 0 Å². The highest BCUT2D eigenvalue weighted by atomic mass is 28.4. The fourth-order valence-electron chi connectivity index (χ4n) is 4.92. The molecule has 0 spiro atoms. The van der Waals surface area contributed by atoms with E-state index in [9.17, 15) is 9.59 Å². The number of nitrogens with one attached hydrogen (secondary N) is 1. The van der Waals surface area contributed by atoms with Gasteiger partial charge in [0.25, 0.3) is 0 Å². The van der Waals surface area contributed by atoms with Crippen LogP contribution in [-0.4, -0.2) is 39.6 Å². The number of amides is 1. The minimum atomic E-state index is -2.31. The summed E-state index contributed by atoms with van der Waals surface area (Å²) in [6.45, 7) is 17.6. The zero-order valence-corrected chi connectivity index (χ0v) is 23.0. The van der Waals surface area contributed by atoms with Crippen molar-refractivity contribution in [3.8, 4) is 0 Å². The molecule has 0 aromatic heterocycles. The fraction of sp³-hybridized carbons (Fsp3) is 0.692. The number of methoxy groups -OCH3 is 1. The van der Waals surface area contributed by atoms with E-state index >= 15 is 0 Å². The molecular formula is C26H45NO5Si. The van der Waals surface area contributed by atoms with Gasteiger partial charge in [-0.1, -0.05) is 92.1 Å². The monoisotopic (exact) mass is 479 g/mol. The molecule has 1 N–H and O–H groups in total. The molecule has 1 amide bonds. The molecule has 3 atom stereocenters. The van der Waals surface area contributed by atoms with Crippen LogP contribution < -0.4 is 5.32 Å². The van der Waals surface area contributed by atoms with Gasteiger partial charge in [0.15, 0.2) is 0 Å². The number of esters is 1. The van der Waals surface area contributed by atoms with Crippen LogP contribution in [0.4, 0.5) is 4.79 Å². The first-order chi connectivity index (χ1) is 15.5. The first kappa shape index (κ1) is 29.2. The zero-order chi connectivity index (χ0) is 25.2. The predicted molar refractivity (Wildman–Crippen MR) is 136 cm³/mol. The Morgan fingerprint density at radius 2 is 1.48 bits per heavy atom. The summed E-state index contributed by atoms with van der Waals surface area (Å²) in [5.74, 6) is -0.256. The Morgan fingerprint density at radius 3 is 1.94 bits per heavy atom. The van der Waals surface area contributed by atoms with Crippen LogP contribution >= 0.6 is 0 Å². The lowest BCUT2D eigenvalue weighted by atomic mass is 9.93. The van der Waals surface area contributed by atoms with E-state index in [0.717, 1.165) is 12.0 Å². The van der Waals surface area contributed by atoms with E-state index in [1.807, 2.05) is 30.3 Å². The van der Waals surface area contributed by atoms with E-state index in [1.54, 1.807) is 0 Å². The van der Waals surface area contributed by atoms with Gasteiger partial charge in [-0.2, -0.15) is 0 Å². The lowest BCUT2D eigenvalue weighted by Gasteiger charge is -2.46. The molecule has 7 heteroatoms. The molecule has 6 nitrogen and oxygen atoms in total. The van der Waals surface area contributed by atoms with Gasteiger partial charge in [0.2, 0.25) is 8.32 Å². The second-order valence-electron chi connectivity index (χ2n) is 9.87. The second kappa shape index (κ2) is 13.7. The maximum absolute atomic E-state index is 12.8. The third-order valence-corrected chi connectivity index (χ3v) is 12.9. The molecule has 0 aliphatic heterocycles. The molecule has 0 bridgehead atoms. The van der Waals surface area contributed by atoms with Gasteiger partial charge in [-0.25, -0.2) is 4.79 Å². The molecule has 0 heterocycles. The molecule has 33 heavy (non-hydrogen) atoms. The highest BCUT2D eigenvalue weighted by Crippen LogP contribution is 2.44. The first-order valence-corrected chi connectivity index (χ1v) is 14.3. The standard InChI is InChI=1S/C26H45NO5Si/c1-10-21(8)25(27-26(29)31-17-22-14-12-11-13-15-22)23(16-24(28)30-9)32-33(18(2)3,19(4)5)20(6)7/h11-15,18-21,23,25H,10,16-17H2,1-9H3,(H,27,29)/t21-,23+,25+/m1/s1. The Hall–Kier alpha value is -1.86. The normalized spacial score (nSPS) is 14.8. The fourth-order valence-corrected chi connectivity index (χ4v) is 10.5. The quantitative estimate of drug-likeness (QED) is 0.260. The number of carbonyl (C=O) groups excluding carboxylic acids is 2. The Morgan fingerprint density at radius 1 is 0.939 bits per heavy atom. The number of hydrogen-bond donors (Lipinski definition) is 1. The summed E-state index contributed by atoms with van der Waals surface area (Å²) in [5, 5.41) is 3.04. The van der Waals surface area contributed by atoms with Crippen molar-refractivity contribution in [1.82, 2.24) is 5.32 Å². The molecule has 0 saturated carbocycles. The van der Waals surface area contributed by atoms with Crippen LogP contribution in [0.3, 0.4) is 0 Å². The number of benzene rings is 1. The summed E-state index contributed by atoms with van der Waals surface area (Å²) in [5.41, 5.74) is 1.96. The van der Waals surface area contributed by atoms with Gasteiger partial charge >= 0.3 is 12.1 Å². The largest absolute Gasteiger partial charge is 0.469 e. The van der Waals surface area contributed by atoms with Crippen molar-refractivity contribution in [3.05, 3.63) is 35.9 Å². The minimum absolute atomic E-state index is 0.0853. The van der Waals surface area contributed by atoms with Crippen molar-refractivity contribution in [1.29, 1.82) is 0 Å². The third kappa shape index (κ3) is 8.14. The molecule has 1 aromatic rings. The van der Waals surface area contributed by atoms with Crippen LogP contribution in [-0.2, 0) is 25.3 Å². The van der Waals surface area contributed by atoms with Gasteiger partial charge in [0.1, 0.15) is 6.61 Å². The van der Waals surface area contributed by atoms with Crippen LogP contribution in [0.15, 0.2) is 30.3 Å². The molecule has 1 aromatic carbocycles. The van der Waals surface area contributed by atoms with E-state index in [-0.39, 0.29) is 31.0 Å². The third-order valence-electron chi connectivity index (χ3n) is 6.81. The van der Waals surface area contributed by atoms with E-state index < -0.39 is 20.5 Å². The van der Waals surface area contributed by atoms with E-state index in [1.165, 1.54) is 7.11 Å². The van der Waals surface area contributed by atoms with Crippen molar-refractivity contribution >= 4 is 20.4 Å². The molecular weight excluding hydrogens is 434 g/mol. The Bertz CT molecular complexity index is 701. The lowest BCUT2D eigenvalue weighted by molar-refractivity contribution is -0.143. The van der Waals surface area contributed by atoms with Crippen molar-refractivity contribution in [2.45, 2.75) is 104 Å². The maximum atomic E-state index is 12.8. The van der Waals surface area contributed by atoms with E-state index in [2.05, 4.69) is 60.7 Å². The molecule has 188 valence electrons. The Balaban J connectivity index is 3.21. The van der Waals surface area contributed by atoms with Gasteiger partial charge in [-0.05, 0) is 28.1 Å². The molecule has 0 fully saturated rings. The second-order valence-corrected chi connectivity index (χ2v) is 15.3. The van der Waals surface area contributed by atoms with Crippen LogP contribution in [0, 0.1) is 5.92 Å². The summed E-state index contributed by atoms with van der Waals surface area (Å²) in [6, 6.07) is 9.19. The number of alkyl carbamates (subject to hydrolysis) is 1. The van der Waals surface area contributed by atoms with E-state index in [4.69, 9.17) is 13.9 Å². The Kier molecular flexibility index (Phi) is 12.2. The molecule has 1 rings (SSSR count). The summed E-state index contributed by atoms with van der Waals surface area (Å²) in [7, 11) is -0.928. The van der Waals surface area contributed by atoms with Gasteiger partial charge in [0.05, 0.1) is 25.7 Å². The number of carbonyl (C=O) groups is 2. The molecule has 0 aliphatic rings. The number of hydrogen-bond acceptors (Lipinski definition) is 5. The van der Waals surface area contributed by atoms with Gasteiger partial charge in [-0.3, -0.25) is 4.79 Å². The lowest BCUT2D eigenvalue weighted by Crippen LogP contribution is -2.57. The van der Waals surface area contributed by atoms with Crippen LogP contribution in [0.25, 0.3) is 0 Å². The minimum Gasteiger partial charge on any atom is -0.469 e. The number of ether oxygens (including phenoxy) is 2.